The van der Waals surface area contributed by atoms with Crippen molar-refractivity contribution in [2.75, 3.05) is 47.4 Å². The number of piperidine rings is 2. The quantitative estimate of drug-likeness (QED) is 0.268. The van der Waals surface area contributed by atoms with Crippen LogP contribution in [0.25, 0.3) is 5.57 Å². The Morgan fingerprint density at radius 2 is 1.68 bits per heavy atom. The fourth-order valence-corrected chi connectivity index (χ4v) is 8.79. The Kier molecular flexibility index (Phi) is 10.1. The Morgan fingerprint density at radius 3 is 2.40 bits per heavy atom. The first-order valence-corrected chi connectivity index (χ1v) is 19.1. The summed E-state index contributed by atoms with van der Waals surface area (Å²) in [4.78, 5) is 74.7. The van der Waals surface area contributed by atoms with Crippen LogP contribution in [-0.2, 0) is 20.9 Å². The third-order valence-corrected chi connectivity index (χ3v) is 12.1. The van der Waals surface area contributed by atoms with Crippen LogP contribution in [0.15, 0.2) is 55.0 Å². The van der Waals surface area contributed by atoms with E-state index in [2.05, 4.69) is 27.0 Å². The molecule has 5 aliphatic heterocycles. The molecular weight excluding hydrogens is 729 g/mol. The number of hydrogen-bond acceptors (Lipinski definition) is 11. The van der Waals surface area contributed by atoms with Gasteiger partial charge in [-0.05, 0) is 91.7 Å². The van der Waals surface area contributed by atoms with Crippen molar-refractivity contribution in [1.82, 2.24) is 29.9 Å². The molecule has 2 N–H and O–H groups in total. The molecule has 14 nitrogen and oxygen atoms in total. The van der Waals surface area contributed by atoms with E-state index >= 15 is 0 Å². The van der Waals surface area contributed by atoms with Crippen LogP contribution >= 0.6 is 0 Å². The monoisotopic (exact) mass is 772 g/mol. The van der Waals surface area contributed by atoms with E-state index < -0.39 is 35.9 Å². The average molecular weight is 773 g/mol. The molecule has 2 aromatic carbocycles. The van der Waals surface area contributed by atoms with E-state index in [-0.39, 0.29) is 41.7 Å². The fraction of sp³-hybridized carbons (Fsp3) is 0.395. The van der Waals surface area contributed by atoms with Crippen molar-refractivity contribution in [2.24, 2.45) is 5.41 Å². The highest BCUT2D eigenvalue weighted by Crippen LogP contribution is 2.43. The molecule has 5 amide bonds. The molecule has 5 aliphatic rings. The number of aliphatic hydroxyl groups is 1. The molecule has 2 unspecified atom stereocenters. The van der Waals surface area contributed by atoms with Crippen LogP contribution in [0.2, 0.25) is 0 Å². The number of methoxy groups -OCH3 is 2. The predicted molar refractivity (Wildman–Crippen MR) is 206 cm³/mol. The van der Waals surface area contributed by atoms with Gasteiger partial charge in [-0.1, -0.05) is 11.8 Å². The fourth-order valence-electron chi connectivity index (χ4n) is 8.79. The van der Waals surface area contributed by atoms with Crippen LogP contribution in [0.5, 0.6) is 11.5 Å². The average Bonchev–Trinajstić information content (AvgIpc) is 3.74. The van der Waals surface area contributed by atoms with Crippen molar-refractivity contribution in [3.05, 3.63) is 93.9 Å². The summed E-state index contributed by atoms with van der Waals surface area (Å²) in [5.74, 6) is 5.08. The van der Waals surface area contributed by atoms with E-state index in [1.165, 1.54) is 12.1 Å². The Morgan fingerprint density at radius 1 is 0.965 bits per heavy atom. The van der Waals surface area contributed by atoms with Crippen LogP contribution in [0.3, 0.4) is 0 Å². The van der Waals surface area contributed by atoms with Crippen molar-refractivity contribution in [3.8, 4) is 23.3 Å². The summed E-state index contributed by atoms with van der Waals surface area (Å²) < 4.78 is 11.9. The number of imide groups is 2. The number of aromatic nitrogens is 1. The number of amides is 5. The van der Waals surface area contributed by atoms with Gasteiger partial charge < -0.3 is 24.4 Å². The predicted octanol–water partition coefficient (Wildman–Crippen LogP) is 3.08. The summed E-state index contributed by atoms with van der Waals surface area (Å²) in [6.07, 6.45) is 7.56. The normalized spacial score (nSPS) is 21.5. The molecule has 3 fully saturated rings. The summed E-state index contributed by atoms with van der Waals surface area (Å²) in [5, 5.41) is 12.9. The van der Waals surface area contributed by atoms with Gasteiger partial charge in [-0.25, -0.2) is 0 Å². The van der Waals surface area contributed by atoms with Crippen LogP contribution < -0.4 is 14.8 Å². The van der Waals surface area contributed by atoms with Crippen LogP contribution in [0.4, 0.5) is 0 Å². The van der Waals surface area contributed by atoms with Crippen molar-refractivity contribution in [3.63, 3.8) is 0 Å². The zero-order valence-electron chi connectivity index (χ0n) is 32.2. The molecule has 2 atom stereocenters. The zero-order chi connectivity index (χ0) is 40.0. The van der Waals surface area contributed by atoms with Crippen molar-refractivity contribution < 1.29 is 38.6 Å². The summed E-state index contributed by atoms with van der Waals surface area (Å²) in [6, 6.07) is 9.59. The Labute approximate surface area is 330 Å². The second kappa shape index (κ2) is 15.1. The highest BCUT2D eigenvalue weighted by molar-refractivity contribution is 6.23. The minimum absolute atomic E-state index is 0.0282. The number of pyridine rings is 1. The van der Waals surface area contributed by atoms with E-state index in [0.29, 0.717) is 25.2 Å². The first-order valence-electron chi connectivity index (χ1n) is 19.1. The smallest absolute Gasteiger partial charge is 0.262 e. The molecule has 3 saturated heterocycles. The Balaban J connectivity index is 0.874. The number of carbonyl (C=O) groups is 5. The molecule has 0 aliphatic carbocycles. The molecule has 14 heteroatoms. The molecule has 3 aromatic rings. The third kappa shape index (κ3) is 7.02. The van der Waals surface area contributed by atoms with Gasteiger partial charge in [0.25, 0.3) is 11.8 Å². The molecule has 0 saturated carbocycles. The lowest BCUT2D eigenvalue weighted by Crippen LogP contribution is -2.54. The Bertz CT molecular complexity index is 2260. The molecular formula is C43H44N6O8. The lowest BCUT2D eigenvalue weighted by atomic mass is 9.77. The van der Waals surface area contributed by atoms with Gasteiger partial charge in [0.15, 0.2) is 6.23 Å². The molecule has 1 spiro atoms. The first-order chi connectivity index (χ1) is 27.5. The topological polar surface area (TPSA) is 162 Å². The largest absolute Gasteiger partial charge is 0.496 e. The number of aliphatic hydroxyl groups excluding tert-OH is 1. The molecule has 8 rings (SSSR count). The standard InChI is InChI=1S/C43H44N6O8/c1-46-23-32(28-11-15-44-22-31(28)40(46)53)27-20-35(56-2)33(36(21-27)57-3)24-47-16-12-43(13-17-47)14-18-48(25-43)38(51)6-4-5-26-7-8-29-30(19-26)42(55)49(41(29)54)34-9-10-37(50)45-39(34)52/h7-8,11,15,19-23,34,40,53H,6,9-10,12-14,16-18,24-25H2,1-3H3,(H,45,50,52). The second-order valence-electron chi connectivity index (χ2n) is 15.4. The van der Waals surface area contributed by atoms with Gasteiger partial charge in [-0.3, -0.25) is 44.1 Å². The molecule has 6 heterocycles. The van der Waals surface area contributed by atoms with Crippen molar-refractivity contribution >= 4 is 35.1 Å². The minimum atomic E-state index is -1.04. The van der Waals surface area contributed by atoms with Gasteiger partial charge in [0, 0.05) is 68.4 Å². The summed E-state index contributed by atoms with van der Waals surface area (Å²) in [7, 11) is 5.16. The van der Waals surface area contributed by atoms with Crippen LogP contribution in [0.1, 0.15) is 93.3 Å². The molecule has 57 heavy (non-hydrogen) atoms. The maximum Gasteiger partial charge on any atom is 0.262 e. The van der Waals surface area contributed by atoms with Gasteiger partial charge in [0.1, 0.15) is 17.5 Å². The highest BCUT2D eigenvalue weighted by Gasteiger charge is 2.45. The van der Waals surface area contributed by atoms with Crippen molar-refractivity contribution in [1.29, 1.82) is 0 Å². The molecule has 0 bridgehead atoms. The van der Waals surface area contributed by atoms with Crippen LogP contribution in [0, 0.1) is 17.3 Å². The number of benzene rings is 2. The van der Waals surface area contributed by atoms with Crippen molar-refractivity contribution in [2.45, 2.75) is 57.3 Å². The van der Waals surface area contributed by atoms with Gasteiger partial charge in [-0.2, -0.15) is 0 Å². The maximum atomic E-state index is 13.3. The summed E-state index contributed by atoms with van der Waals surface area (Å²) >= 11 is 0. The van der Waals surface area contributed by atoms with E-state index in [1.54, 1.807) is 37.6 Å². The van der Waals surface area contributed by atoms with Gasteiger partial charge in [0.2, 0.25) is 17.7 Å². The van der Waals surface area contributed by atoms with E-state index in [0.717, 1.165) is 76.6 Å². The Hall–Kier alpha value is -6.04. The summed E-state index contributed by atoms with van der Waals surface area (Å²) in [5.41, 5.74) is 5.32. The minimum Gasteiger partial charge on any atom is -0.496 e. The van der Waals surface area contributed by atoms with Gasteiger partial charge in [0.05, 0.1) is 37.3 Å². The molecule has 1 aromatic heterocycles. The lowest BCUT2D eigenvalue weighted by Gasteiger charge is -2.39. The number of fused-ring (bicyclic) bond motifs is 2. The van der Waals surface area contributed by atoms with Crippen LogP contribution in [-0.4, -0.2) is 113 Å². The van der Waals surface area contributed by atoms with E-state index in [1.807, 2.05) is 36.3 Å². The lowest BCUT2D eigenvalue weighted by molar-refractivity contribution is -0.136. The number of rotatable bonds is 7. The van der Waals surface area contributed by atoms with Gasteiger partial charge in [-0.15, -0.1) is 0 Å². The number of likely N-dealkylation sites (tertiary alicyclic amines) is 2. The number of nitrogens with one attached hydrogen (secondary N) is 1. The third-order valence-electron chi connectivity index (χ3n) is 12.1. The van der Waals surface area contributed by atoms with E-state index in [4.69, 9.17) is 9.47 Å². The first kappa shape index (κ1) is 37.9. The molecule has 294 valence electrons. The molecule has 0 radical (unpaired) electrons. The zero-order valence-corrected chi connectivity index (χ0v) is 32.2. The SMILES string of the molecule is COc1cc(C2=CN(C)C(O)c3cnccc32)cc(OC)c1CN1CCC2(CC1)CCN(C(=O)CC#Cc1ccc3c(c1)C(=O)N(C1CCC(=O)NC1=O)C3=O)C2. The van der Waals surface area contributed by atoms with E-state index in [9.17, 15) is 29.1 Å². The number of ether oxygens (including phenoxy) is 2. The highest BCUT2D eigenvalue weighted by atomic mass is 16.5. The van der Waals surface area contributed by atoms with Gasteiger partial charge >= 0.3 is 0 Å². The maximum absolute atomic E-state index is 13.3. The number of nitrogens with zero attached hydrogens (tertiary/aromatic N) is 5. The summed E-state index contributed by atoms with van der Waals surface area (Å²) in [6.45, 7) is 3.74. The number of hydrogen-bond donors (Lipinski definition) is 2. The number of carbonyl (C=O) groups excluding carboxylic acids is 5. The second-order valence-corrected chi connectivity index (χ2v) is 15.4.